The molecule has 1 aromatic heterocycles. The van der Waals surface area contributed by atoms with Gasteiger partial charge >= 0.3 is 5.69 Å². The molecule has 1 heterocycles. The number of thiocarbonyl (C=S) groups is 1. The van der Waals surface area contributed by atoms with E-state index in [4.69, 9.17) is 22.7 Å². The number of halogens is 1. The lowest BCUT2D eigenvalue weighted by Gasteiger charge is -2.10. The third-order valence-corrected chi connectivity index (χ3v) is 3.07. The van der Waals surface area contributed by atoms with Crippen LogP contribution >= 0.6 is 12.2 Å². The quantitative estimate of drug-likeness (QED) is 0.796. The van der Waals surface area contributed by atoms with E-state index < -0.39 is 17.1 Å². The molecule has 0 aliphatic heterocycles. The van der Waals surface area contributed by atoms with E-state index in [1.54, 1.807) is 18.2 Å². The van der Waals surface area contributed by atoms with Crippen molar-refractivity contribution in [2.75, 3.05) is 7.11 Å². The molecule has 21 heavy (non-hydrogen) atoms. The van der Waals surface area contributed by atoms with Crippen molar-refractivity contribution in [1.29, 1.82) is 0 Å². The molecule has 2 rings (SSSR count). The summed E-state index contributed by atoms with van der Waals surface area (Å²) in [6, 6.07) is 4.99. The van der Waals surface area contributed by atoms with Crippen molar-refractivity contribution in [3.05, 3.63) is 62.2 Å². The smallest absolute Gasteiger partial charge is 0.328 e. The average Bonchev–Trinajstić information content (AvgIpc) is 2.44. The summed E-state index contributed by atoms with van der Waals surface area (Å²) in [6.07, 6.45) is 0.856. The van der Waals surface area contributed by atoms with E-state index >= 15 is 0 Å². The summed E-state index contributed by atoms with van der Waals surface area (Å²) in [5.41, 5.74) is 5.05. The minimum atomic E-state index is -1.04. The molecule has 0 saturated heterocycles. The molecule has 1 aromatic carbocycles. The number of hydrogen-bond acceptors (Lipinski definition) is 4. The van der Waals surface area contributed by atoms with Gasteiger partial charge in [-0.15, -0.1) is 0 Å². The first-order valence-electron chi connectivity index (χ1n) is 5.88. The predicted molar refractivity (Wildman–Crippen MR) is 79.3 cm³/mol. The van der Waals surface area contributed by atoms with Gasteiger partial charge in [-0.2, -0.15) is 4.39 Å². The lowest BCUT2D eigenvalue weighted by atomic mass is 10.1. The van der Waals surface area contributed by atoms with Crippen LogP contribution in [0, 0.1) is 5.82 Å². The van der Waals surface area contributed by atoms with E-state index in [1.165, 1.54) is 7.11 Å². The summed E-state index contributed by atoms with van der Waals surface area (Å²) in [4.78, 5) is 24.6. The molecule has 0 amide bonds. The van der Waals surface area contributed by atoms with Crippen molar-refractivity contribution in [2.45, 2.75) is 6.54 Å². The van der Waals surface area contributed by atoms with Gasteiger partial charge < -0.3 is 10.5 Å². The van der Waals surface area contributed by atoms with Gasteiger partial charge in [0.15, 0.2) is 0 Å². The molecule has 3 N–H and O–H groups in total. The Morgan fingerprint density at radius 2 is 2.19 bits per heavy atom. The summed E-state index contributed by atoms with van der Waals surface area (Å²) < 4.78 is 19.4. The van der Waals surface area contributed by atoms with Crippen molar-refractivity contribution in [3.8, 4) is 5.75 Å². The monoisotopic (exact) mass is 309 g/mol. The fourth-order valence-corrected chi connectivity index (χ4v) is 2.00. The van der Waals surface area contributed by atoms with Crippen LogP contribution in [0.15, 0.2) is 34.0 Å². The van der Waals surface area contributed by atoms with Gasteiger partial charge in [-0.05, 0) is 17.7 Å². The minimum Gasteiger partial charge on any atom is -0.496 e. The van der Waals surface area contributed by atoms with Crippen molar-refractivity contribution < 1.29 is 9.13 Å². The van der Waals surface area contributed by atoms with Gasteiger partial charge in [0, 0.05) is 0 Å². The van der Waals surface area contributed by atoms with Crippen LogP contribution < -0.4 is 21.7 Å². The van der Waals surface area contributed by atoms with Crippen molar-refractivity contribution in [1.82, 2.24) is 9.55 Å². The number of methoxy groups -OCH3 is 1. The summed E-state index contributed by atoms with van der Waals surface area (Å²) >= 11 is 4.89. The zero-order valence-electron chi connectivity index (χ0n) is 11.1. The van der Waals surface area contributed by atoms with E-state index in [0.717, 1.165) is 10.8 Å². The van der Waals surface area contributed by atoms with Gasteiger partial charge in [0.25, 0.3) is 5.56 Å². The number of hydrogen-bond donors (Lipinski definition) is 2. The molecule has 0 spiro atoms. The van der Waals surface area contributed by atoms with Gasteiger partial charge in [0.05, 0.1) is 25.4 Å². The van der Waals surface area contributed by atoms with Crippen molar-refractivity contribution >= 4 is 17.2 Å². The van der Waals surface area contributed by atoms with E-state index in [2.05, 4.69) is 0 Å². The second kappa shape index (κ2) is 5.88. The van der Waals surface area contributed by atoms with Crippen LogP contribution in [0.1, 0.15) is 11.1 Å². The Morgan fingerprint density at radius 1 is 1.48 bits per heavy atom. The van der Waals surface area contributed by atoms with Crippen LogP contribution in [0.25, 0.3) is 0 Å². The largest absolute Gasteiger partial charge is 0.496 e. The SMILES string of the molecule is COc1cc(Cn2cc(F)c(=O)[nH]c2=O)ccc1C(N)=S. The number of ether oxygens (including phenoxy) is 1. The Kier molecular flexibility index (Phi) is 4.18. The summed E-state index contributed by atoms with van der Waals surface area (Å²) in [7, 11) is 1.47. The van der Waals surface area contributed by atoms with Gasteiger partial charge in [-0.3, -0.25) is 14.3 Å². The number of benzene rings is 1. The minimum absolute atomic E-state index is 0.0699. The first-order valence-corrected chi connectivity index (χ1v) is 6.29. The molecule has 6 nitrogen and oxygen atoms in total. The molecular formula is C13H12FN3O3S. The fraction of sp³-hybridized carbons (Fsp3) is 0.154. The molecule has 0 aliphatic rings. The number of H-pyrrole nitrogens is 1. The molecule has 0 fully saturated rings. The maximum absolute atomic E-state index is 13.2. The average molecular weight is 309 g/mol. The second-order valence-electron chi connectivity index (χ2n) is 4.26. The Balaban J connectivity index is 2.41. The van der Waals surface area contributed by atoms with Gasteiger partial charge in [-0.25, -0.2) is 4.79 Å². The van der Waals surface area contributed by atoms with E-state index in [9.17, 15) is 14.0 Å². The van der Waals surface area contributed by atoms with Crippen molar-refractivity contribution in [3.63, 3.8) is 0 Å². The van der Waals surface area contributed by atoms with Crippen LogP contribution in [-0.4, -0.2) is 21.6 Å². The third kappa shape index (κ3) is 3.16. The second-order valence-corrected chi connectivity index (χ2v) is 4.70. The Hall–Kier alpha value is -2.48. The number of aromatic amines is 1. The summed E-state index contributed by atoms with van der Waals surface area (Å²) in [5.74, 6) is -0.570. The summed E-state index contributed by atoms with van der Waals surface area (Å²) in [6.45, 7) is 0.0699. The van der Waals surface area contributed by atoms with Gasteiger partial charge in [0.2, 0.25) is 5.82 Å². The highest BCUT2D eigenvalue weighted by molar-refractivity contribution is 7.80. The van der Waals surface area contributed by atoms with Crippen LogP contribution in [0.3, 0.4) is 0 Å². The molecule has 0 unspecified atom stereocenters. The molecule has 110 valence electrons. The van der Waals surface area contributed by atoms with E-state index in [1.807, 2.05) is 4.98 Å². The molecule has 0 radical (unpaired) electrons. The van der Waals surface area contributed by atoms with Crippen molar-refractivity contribution in [2.24, 2.45) is 5.73 Å². The van der Waals surface area contributed by atoms with E-state index in [-0.39, 0.29) is 11.5 Å². The number of aromatic nitrogens is 2. The highest BCUT2D eigenvalue weighted by Gasteiger charge is 2.09. The lowest BCUT2D eigenvalue weighted by molar-refractivity contribution is 0.413. The van der Waals surface area contributed by atoms with Crippen LogP contribution in [0.4, 0.5) is 4.39 Å². The Bertz CT molecular complexity index is 813. The molecule has 8 heteroatoms. The molecular weight excluding hydrogens is 297 g/mol. The predicted octanol–water partition coefficient (Wildman–Crippen LogP) is 0.367. The molecule has 0 saturated carbocycles. The molecule has 0 atom stereocenters. The lowest BCUT2D eigenvalue weighted by Crippen LogP contribution is -2.31. The highest BCUT2D eigenvalue weighted by atomic mass is 32.1. The zero-order chi connectivity index (χ0) is 15.6. The maximum Gasteiger partial charge on any atom is 0.328 e. The third-order valence-electron chi connectivity index (χ3n) is 2.85. The zero-order valence-corrected chi connectivity index (χ0v) is 11.9. The first kappa shape index (κ1) is 14.9. The van der Waals surface area contributed by atoms with Gasteiger partial charge in [0.1, 0.15) is 10.7 Å². The number of nitrogens with zero attached hydrogens (tertiary/aromatic N) is 1. The maximum atomic E-state index is 13.2. The standard InChI is InChI=1S/C13H12FN3O3S/c1-20-10-4-7(2-3-8(10)11(15)21)5-17-6-9(14)12(18)16-13(17)19/h2-4,6H,5H2,1H3,(H2,15,21)(H,16,18,19). The van der Waals surface area contributed by atoms with Crippen LogP contribution in [0.2, 0.25) is 0 Å². The number of nitrogens with one attached hydrogen (secondary N) is 1. The first-order chi connectivity index (χ1) is 9.92. The molecule has 2 aromatic rings. The molecule has 0 aliphatic carbocycles. The fourth-order valence-electron chi connectivity index (χ4n) is 1.83. The van der Waals surface area contributed by atoms with E-state index in [0.29, 0.717) is 16.9 Å². The van der Waals surface area contributed by atoms with Crippen LogP contribution in [-0.2, 0) is 6.54 Å². The highest BCUT2D eigenvalue weighted by Crippen LogP contribution is 2.20. The van der Waals surface area contributed by atoms with Crippen LogP contribution in [0.5, 0.6) is 5.75 Å². The normalized spacial score (nSPS) is 10.4. The Labute approximate surface area is 124 Å². The topological polar surface area (TPSA) is 90.1 Å². The number of rotatable bonds is 4. The van der Waals surface area contributed by atoms with Gasteiger partial charge in [-0.1, -0.05) is 18.3 Å². The number of nitrogens with two attached hydrogens (primary N) is 1. The summed E-state index contributed by atoms with van der Waals surface area (Å²) in [5, 5.41) is 0. The molecule has 0 bridgehead atoms. The Morgan fingerprint density at radius 3 is 2.81 bits per heavy atom.